The molecule has 4 rings (SSSR count). The smallest absolute Gasteiger partial charge is 0.169 e. The first-order valence-corrected chi connectivity index (χ1v) is 7.10. The molecule has 1 aliphatic carbocycles. The van der Waals surface area contributed by atoms with Crippen LogP contribution in [0.5, 0.6) is 0 Å². The average molecular weight is 280 g/mol. The summed E-state index contributed by atoms with van der Waals surface area (Å²) in [6.45, 7) is 0.607. The van der Waals surface area contributed by atoms with Crippen molar-refractivity contribution in [2.45, 2.75) is 25.3 Å². The molecule has 106 valence electrons. The highest BCUT2D eigenvalue weighted by atomic mass is 15.5. The van der Waals surface area contributed by atoms with Gasteiger partial charge in [-0.05, 0) is 31.0 Å². The van der Waals surface area contributed by atoms with E-state index in [-0.39, 0.29) is 0 Å². The molecule has 1 saturated carbocycles. The lowest BCUT2D eigenvalue weighted by molar-refractivity contribution is 0.605. The third-order valence-corrected chi connectivity index (χ3v) is 3.74. The third-order valence-electron chi connectivity index (χ3n) is 3.74. The molecule has 1 aliphatic rings. The first-order chi connectivity index (χ1) is 10.3. The summed E-state index contributed by atoms with van der Waals surface area (Å²) in [6, 6.07) is 12.1. The van der Waals surface area contributed by atoms with Crippen LogP contribution in [-0.2, 0) is 6.54 Å². The Bertz CT molecular complexity index is 754. The second-order valence-electron chi connectivity index (χ2n) is 5.38. The molecule has 2 aromatic heterocycles. The molecule has 0 bridgehead atoms. The van der Waals surface area contributed by atoms with Crippen molar-refractivity contribution in [2.75, 3.05) is 5.73 Å². The van der Waals surface area contributed by atoms with E-state index in [0.29, 0.717) is 18.3 Å². The van der Waals surface area contributed by atoms with Crippen LogP contribution in [0.1, 0.15) is 30.1 Å². The van der Waals surface area contributed by atoms with Gasteiger partial charge >= 0.3 is 0 Å². The fraction of sp³-hybridized carbons (Fsp3) is 0.267. The summed E-state index contributed by atoms with van der Waals surface area (Å²) in [6.07, 6.45) is 4.31. The molecule has 0 spiro atoms. The van der Waals surface area contributed by atoms with E-state index < -0.39 is 0 Å². The highest BCUT2D eigenvalue weighted by molar-refractivity contribution is 5.38. The van der Waals surface area contributed by atoms with Gasteiger partial charge in [0.1, 0.15) is 0 Å². The quantitative estimate of drug-likeness (QED) is 0.793. The van der Waals surface area contributed by atoms with Crippen molar-refractivity contribution < 1.29 is 0 Å². The van der Waals surface area contributed by atoms with Crippen molar-refractivity contribution in [3.8, 4) is 5.69 Å². The number of hydrogen-bond acceptors (Lipinski definition) is 4. The van der Waals surface area contributed by atoms with Crippen molar-refractivity contribution in [1.82, 2.24) is 24.8 Å². The minimum absolute atomic E-state index is 0.524. The summed E-state index contributed by atoms with van der Waals surface area (Å²) in [7, 11) is 0. The van der Waals surface area contributed by atoms with E-state index >= 15 is 0 Å². The van der Waals surface area contributed by atoms with E-state index in [2.05, 4.69) is 15.4 Å². The summed E-state index contributed by atoms with van der Waals surface area (Å²) in [5.74, 6) is 1.08. The Balaban J connectivity index is 1.60. The zero-order valence-electron chi connectivity index (χ0n) is 11.6. The second-order valence-corrected chi connectivity index (χ2v) is 5.38. The van der Waals surface area contributed by atoms with Crippen LogP contribution in [0.2, 0.25) is 0 Å². The number of nitrogens with two attached hydrogens (primary N) is 1. The van der Waals surface area contributed by atoms with Crippen molar-refractivity contribution >= 4 is 5.82 Å². The van der Waals surface area contributed by atoms with Gasteiger partial charge in [-0.2, -0.15) is 5.10 Å². The molecule has 21 heavy (non-hydrogen) atoms. The third kappa shape index (κ3) is 2.29. The van der Waals surface area contributed by atoms with Crippen LogP contribution in [0.15, 0.2) is 42.6 Å². The normalized spacial score (nSPS) is 14.5. The zero-order chi connectivity index (χ0) is 14.2. The lowest BCUT2D eigenvalue weighted by Gasteiger charge is -2.04. The van der Waals surface area contributed by atoms with E-state index in [1.54, 1.807) is 0 Å². The van der Waals surface area contributed by atoms with Crippen molar-refractivity contribution in [2.24, 2.45) is 0 Å². The SMILES string of the molecule is Nc1nnn(Cc2ccn(-c3ccccc3)n2)c1C1CC1. The molecule has 3 aromatic rings. The summed E-state index contributed by atoms with van der Waals surface area (Å²) < 4.78 is 3.75. The molecule has 6 nitrogen and oxygen atoms in total. The van der Waals surface area contributed by atoms with Gasteiger partial charge in [-0.25, -0.2) is 9.36 Å². The van der Waals surface area contributed by atoms with Crippen LogP contribution in [0.25, 0.3) is 5.69 Å². The van der Waals surface area contributed by atoms with Gasteiger partial charge < -0.3 is 5.73 Å². The number of para-hydroxylation sites is 1. The summed E-state index contributed by atoms with van der Waals surface area (Å²) in [4.78, 5) is 0. The van der Waals surface area contributed by atoms with Gasteiger partial charge in [0.25, 0.3) is 0 Å². The van der Waals surface area contributed by atoms with Gasteiger partial charge in [0.2, 0.25) is 0 Å². The predicted molar refractivity (Wildman–Crippen MR) is 79.1 cm³/mol. The van der Waals surface area contributed by atoms with Crippen LogP contribution >= 0.6 is 0 Å². The molecular weight excluding hydrogens is 264 g/mol. The predicted octanol–water partition coefficient (Wildman–Crippen LogP) is 1.97. The van der Waals surface area contributed by atoms with E-state index in [4.69, 9.17) is 5.73 Å². The van der Waals surface area contributed by atoms with Gasteiger partial charge in [0, 0.05) is 12.1 Å². The number of nitrogens with zero attached hydrogens (tertiary/aromatic N) is 5. The fourth-order valence-corrected chi connectivity index (χ4v) is 2.55. The molecule has 0 atom stereocenters. The van der Waals surface area contributed by atoms with E-state index in [1.165, 1.54) is 12.8 Å². The lowest BCUT2D eigenvalue weighted by atomic mass is 10.3. The topological polar surface area (TPSA) is 74.5 Å². The van der Waals surface area contributed by atoms with Gasteiger partial charge in [0.15, 0.2) is 5.82 Å². The van der Waals surface area contributed by atoms with Gasteiger partial charge in [-0.3, -0.25) is 0 Å². The standard InChI is InChI=1S/C15H16N6/c16-15-14(11-6-7-11)21(19-17-15)10-12-8-9-20(18-12)13-4-2-1-3-5-13/h1-5,8-9,11H,6-7,10,16H2. The molecule has 6 heteroatoms. The number of anilines is 1. The highest BCUT2D eigenvalue weighted by Gasteiger charge is 2.30. The molecule has 0 saturated heterocycles. The summed E-state index contributed by atoms with van der Waals surface area (Å²) >= 11 is 0. The Morgan fingerprint density at radius 3 is 2.71 bits per heavy atom. The van der Waals surface area contributed by atoms with Gasteiger partial charge in [-0.1, -0.05) is 23.4 Å². The van der Waals surface area contributed by atoms with E-state index in [0.717, 1.165) is 17.1 Å². The Labute approximate surface area is 122 Å². The van der Waals surface area contributed by atoms with E-state index in [1.807, 2.05) is 52.0 Å². The fourth-order valence-electron chi connectivity index (χ4n) is 2.55. The monoisotopic (exact) mass is 280 g/mol. The number of benzene rings is 1. The Kier molecular flexibility index (Phi) is 2.73. The van der Waals surface area contributed by atoms with Crippen molar-refractivity contribution in [3.05, 3.63) is 54.0 Å². The maximum atomic E-state index is 5.91. The molecule has 2 N–H and O–H groups in total. The number of rotatable bonds is 4. The first kappa shape index (κ1) is 12.1. The number of aromatic nitrogens is 5. The molecule has 1 aromatic carbocycles. The Morgan fingerprint density at radius 1 is 1.14 bits per heavy atom. The summed E-state index contributed by atoms with van der Waals surface area (Å²) in [5, 5.41) is 12.7. The molecule has 0 aliphatic heterocycles. The van der Waals surface area contributed by atoms with Crippen LogP contribution < -0.4 is 5.73 Å². The van der Waals surface area contributed by atoms with Gasteiger partial charge in [-0.15, -0.1) is 5.10 Å². The largest absolute Gasteiger partial charge is 0.381 e. The first-order valence-electron chi connectivity index (χ1n) is 7.10. The highest BCUT2D eigenvalue weighted by Crippen LogP contribution is 2.41. The molecule has 2 heterocycles. The number of nitrogen functional groups attached to an aromatic ring is 1. The Hall–Kier alpha value is -2.63. The minimum Gasteiger partial charge on any atom is -0.381 e. The van der Waals surface area contributed by atoms with Crippen LogP contribution in [0, 0.1) is 0 Å². The zero-order valence-corrected chi connectivity index (χ0v) is 11.6. The maximum Gasteiger partial charge on any atom is 0.169 e. The average Bonchev–Trinajstić information content (AvgIpc) is 3.12. The molecular formula is C15H16N6. The minimum atomic E-state index is 0.524. The van der Waals surface area contributed by atoms with E-state index in [9.17, 15) is 0 Å². The second kappa shape index (κ2) is 4.73. The molecule has 0 amide bonds. The maximum absolute atomic E-state index is 5.91. The van der Waals surface area contributed by atoms with Crippen molar-refractivity contribution in [3.63, 3.8) is 0 Å². The lowest BCUT2D eigenvalue weighted by Crippen LogP contribution is -2.07. The molecule has 1 fully saturated rings. The van der Waals surface area contributed by atoms with Crippen LogP contribution in [0.4, 0.5) is 5.82 Å². The number of hydrogen-bond donors (Lipinski definition) is 1. The van der Waals surface area contributed by atoms with Crippen molar-refractivity contribution in [1.29, 1.82) is 0 Å². The van der Waals surface area contributed by atoms with Crippen LogP contribution in [-0.4, -0.2) is 24.8 Å². The Morgan fingerprint density at radius 2 is 1.95 bits per heavy atom. The van der Waals surface area contributed by atoms with Gasteiger partial charge in [0.05, 0.1) is 23.6 Å². The molecule has 0 unspecified atom stereocenters. The summed E-state index contributed by atoms with van der Waals surface area (Å²) in [5.41, 5.74) is 8.97. The molecule has 0 radical (unpaired) electrons. The van der Waals surface area contributed by atoms with Crippen LogP contribution in [0.3, 0.4) is 0 Å².